The maximum atomic E-state index is 12.4. The molecule has 1 aliphatic rings. The molecule has 1 amide bonds. The number of halogens is 2. The van der Waals surface area contributed by atoms with Crippen molar-refractivity contribution in [2.24, 2.45) is 0 Å². The zero-order valence-electron chi connectivity index (χ0n) is 11.5. The first kappa shape index (κ1) is 16.9. The fraction of sp³-hybridized carbons (Fsp3) is 0.462. The number of carbonyl (C=O) groups is 1. The van der Waals surface area contributed by atoms with E-state index in [4.69, 9.17) is 0 Å². The molecule has 1 unspecified atom stereocenters. The third kappa shape index (κ3) is 4.28. The van der Waals surface area contributed by atoms with E-state index in [1.165, 1.54) is 6.07 Å². The van der Waals surface area contributed by atoms with Gasteiger partial charge in [0.1, 0.15) is 0 Å². The van der Waals surface area contributed by atoms with Crippen molar-refractivity contribution in [1.29, 1.82) is 0 Å². The summed E-state index contributed by atoms with van der Waals surface area (Å²) in [5, 5.41) is 0. The van der Waals surface area contributed by atoms with Gasteiger partial charge in [-0.1, -0.05) is 15.9 Å². The van der Waals surface area contributed by atoms with Crippen LogP contribution in [0.2, 0.25) is 0 Å². The monoisotopic (exact) mass is 438 g/mol. The Morgan fingerprint density at radius 3 is 2.67 bits per heavy atom. The molecule has 1 N–H and O–H groups in total. The van der Waals surface area contributed by atoms with Crippen LogP contribution in [-0.2, 0) is 14.8 Å². The van der Waals surface area contributed by atoms with E-state index in [9.17, 15) is 13.2 Å². The first-order valence-corrected chi connectivity index (χ1v) is 9.61. The van der Waals surface area contributed by atoms with E-state index in [-0.39, 0.29) is 16.8 Å². The quantitative estimate of drug-likeness (QED) is 0.766. The Morgan fingerprint density at radius 2 is 2.10 bits per heavy atom. The smallest absolute Gasteiger partial charge is 0.241 e. The average Bonchev–Trinajstić information content (AvgIpc) is 2.73. The Labute approximate surface area is 141 Å². The largest absolute Gasteiger partial charge is 0.341 e. The van der Waals surface area contributed by atoms with Crippen LogP contribution < -0.4 is 4.72 Å². The van der Waals surface area contributed by atoms with Crippen LogP contribution in [-0.4, -0.2) is 38.4 Å². The maximum absolute atomic E-state index is 12.4. The summed E-state index contributed by atoms with van der Waals surface area (Å²) in [6.07, 6.45) is 1.40. The van der Waals surface area contributed by atoms with Crippen molar-refractivity contribution in [1.82, 2.24) is 9.62 Å². The lowest BCUT2D eigenvalue weighted by molar-refractivity contribution is -0.127. The summed E-state index contributed by atoms with van der Waals surface area (Å²) in [6, 6.07) is 4.55. The number of rotatable bonds is 5. The SMILES string of the molecule is CC(CN1CCCC1=O)NS(=O)(=O)c1ccc(Br)cc1Br. The molecule has 21 heavy (non-hydrogen) atoms. The minimum Gasteiger partial charge on any atom is -0.341 e. The molecule has 2 rings (SSSR count). The molecule has 1 saturated heterocycles. The zero-order chi connectivity index (χ0) is 15.6. The molecule has 0 aromatic heterocycles. The van der Waals surface area contributed by atoms with Crippen molar-refractivity contribution in [3.63, 3.8) is 0 Å². The topological polar surface area (TPSA) is 66.5 Å². The molecule has 1 aromatic carbocycles. The lowest BCUT2D eigenvalue weighted by Gasteiger charge is -2.21. The fourth-order valence-corrected chi connectivity index (χ4v) is 5.27. The standard InChI is InChI=1S/C13H16Br2N2O3S/c1-9(8-17-6-2-3-13(17)18)16-21(19,20)12-5-4-10(14)7-11(12)15/h4-5,7,9,16H,2-3,6,8H2,1H3. The van der Waals surface area contributed by atoms with Gasteiger partial charge >= 0.3 is 0 Å². The number of likely N-dealkylation sites (tertiary alicyclic amines) is 1. The van der Waals surface area contributed by atoms with Gasteiger partial charge in [0.05, 0.1) is 4.90 Å². The number of carbonyl (C=O) groups excluding carboxylic acids is 1. The first-order valence-electron chi connectivity index (χ1n) is 6.55. The number of hydrogen-bond donors (Lipinski definition) is 1. The molecule has 1 aliphatic heterocycles. The molecular weight excluding hydrogens is 424 g/mol. The number of hydrogen-bond acceptors (Lipinski definition) is 3. The third-order valence-corrected chi connectivity index (χ3v) is 6.26. The van der Waals surface area contributed by atoms with Gasteiger partial charge in [-0.25, -0.2) is 13.1 Å². The van der Waals surface area contributed by atoms with E-state index in [0.717, 1.165) is 10.9 Å². The molecule has 1 atom stereocenters. The van der Waals surface area contributed by atoms with Crippen molar-refractivity contribution in [3.8, 4) is 0 Å². The van der Waals surface area contributed by atoms with E-state index >= 15 is 0 Å². The highest BCUT2D eigenvalue weighted by Gasteiger charge is 2.25. The van der Waals surface area contributed by atoms with Gasteiger partial charge in [0, 0.05) is 34.5 Å². The Balaban J connectivity index is 2.08. The lowest BCUT2D eigenvalue weighted by Crippen LogP contribution is -2.42. The van der Waals surface area contributed by atoms with Crippen LogP contribution in [0.25, 0.3) is 0 Å². The zero-order valence-corrected chi connectivity index (χ0v) is 15.5. The molecule has 0 saturated carbocycles. The molecule has 5 nitrogen and oxygen atoms in total. The van der Waals surface area contributed by atoms with Crippen LogP contribution in [0.15, 0.2) is 32.0 Å². The minimum atomic E-state index is -3.62. The molecule has 0 radical (unpaired) electrons. The second-order valence-corrected chi connectivity index (χ2v) is 8.49. The summed E-state index contributed by atoms with van der Waals surface area (Å²) in [7, 11) is -3.62. The number of nitrogens with zero attached hydrogens (tertiary/aromatic N) is 1. The van der Waals surface area contributed by atoms with E-state index in [1.54, 1.807) is 24.0 Å². The highest BCUT2D eigenvalue weighted by molar-refractivity contribution is 9.11. The molecule has 1 heterocycles. The van der Waals surface area contributed by atoms with E-state index < -0.39 is 10.0 Å². The van der Waals surface area contributed by atoms with Crippen molar-refractivity contribution in [2.75, 3.05) is 13.1 Å². The van der Waals surface area contributed by atoms with E-state index in [1.807, 2.05) is 0 Å². The Morgan fingerprint density at radius 1 is 1.38 bits per heavy atom. The normalized spacial score (nSPS) is 17.3. The molecule has 1 fully saturated rings. The highest BCUT2D eigenvalue weighted by Crippen LogP contribution is 2.25. The van der Waals surface area contributed by atoms with Gasteiger partial charge in [-0.15, -0.1) is 0 Å². The Kier molecular flexibility index (Phi) is 5.45. The second kappa shape index (κ2) is 6.76. The number of nitrogens with one attached hydrogen (secondary N) is 1. The second-order valence-electron chi connectivity index (χ2n) is 5.04. The van der Waals surface area contributed by atoms with Gasteiger partial charge in [0.25, 0.3) is 0 Å². The molecule has 0 bridgehead atoms. The summed E-state index contributed by atoms with van der Waals surface area (Å²) < 4.78 is 28.6. The van der Waals surface area contributed by atoms with Crippen LogP contribution in [0.5, 0.6) is 0 Å². The average molecular weight is 440 g/mol. The van der Waals surface area contributed by atoms with Crippen LogP contribution in [0, 0.1) is 0 Å². The van der Waals surface area contributed by atoms with Gasteiger partial charge in [-0.2, -0.15) is 0 Å². The van der Waals surface area contributed by atoms with Crippen LogP contribution >= 0.6 is 31.9 Å². The fourth-order valence-electron chi connectivity index (χ4n) is 2.29. The Hall–Kier alpha value is -0.440. The first-order chi connectivity index (χ1) is 9.79. The molecular formula is C13H16Br2N2O3S. The summed E-state index contributed by atoms with van der Waals surface area (Å²) >= 11 is 6.55. The summed E-state index contributed by atoms with van der Waals surface area (Å²) in [5.41, 5.74) is 0. The van der Waals surface area contributed by atoms with Gasteiger partial charge in [-0.3, -0.25) is 4.79 Å². The van der Waals surface area contributed by atoms with Crippen molar-refractivity contribution in [2.45, 2.75) is 30.7 Å². The van der Waals surface area contributed by atoms with Crippen molar-refractivity contribution in [3.05, 3.63) is 27.1 Å². The van der Waals surface area contributed by atoms with Gasteiger partial charge in [0.2, 0.25) is 15.9 Å². The van der Waals surface area contributed by atoms with Crippen molar-refractivity contribution < 1.29 is 13.2 Å². The molecule has 8 heteroatoms. The molecule has 0 spiro atoms. The van der Waals surface area contributed by atoms with E-state index in [2.05, 4.69) is 36.6 Å². The van der Waals surface area contributed by atoms with Crippen LogP contribution in [0.3, 0.4) is 0 Å². The predicted octanol–water partition coefficient (Wildman–Crippen LogP) is 2.50. The summed E-state index contributed by atoms with van der Waals surface area (Å²) in [5.74, 6) is 0.0888. The molecule has 116 valence electrons. The predicted molar refractivity (Wildman–Crippen MR) is 87.4 cm³/mol. The molecule has 1 aromatic rings. The number of benzene rings is 1. The van der Waals surface area contributed by atoms with Crippen LogP contribution in [0.1, 0.15) is 19.8 Å². The van der Waals surface area contributed by atoms with Crippen molar-refractivity contribution >= 4 is 47.8 Å². The van der Waals surface area contributed by atoms with Gasteiger partial charge in [0.15, 0.2) is 0 Å². The van der Waals surface area contributed by atoms with Crippen LogP contribution in [0.4, 0.5) is 0 Å². The summed E-state index contributed by atoms with van der Waals surface area (Å²) in [6.45, 7) is 2.86. The molecule has 0 aliphatic carbocycles. The minimum absolute atomic E-state index is 0.0888. The van der Waals surface area contributed by atoms with Gasteiger partial charge < -0.3 is 4.90 Å². The van der Waals surface area contributed by atoms with E-state index in [0.29, 0.717) is 24.0 Å². The Bertz CT molecular complexity index is 649. The summed E-state index contributed by atoms with van der Waals surface area (Å²) in [4.78, 5) is 13.5. The highest BCUT2D eigenvalue weighted by atomic mass is 79.9. The van der Waals surface area contributed by atoms with Gasteiger partial charge in [-0.05, 0) is 47.5 Å². The maximum Gasteiger partial charge on any atom is 0.241 e. The number of amides is 1. The lowest BCUT2D eigenvalue weighted by atomic mass is 10.3. The third-order valence-electron chi connectivity index (χ3n) is 3.21. The number of sulfonamides is 1.